The minimum Gasteiger partial charge on any atom is -0.421 e. The molecule has 164 valence electrons. The Kier molecular flexibility index (Phi) is 5.92. The van der Waals surface area contributed by atoms with Gasteiger partial charge in [-0.25, -0.2) is 0 Å². The largest absolute Gasteiger partial charge is 0.421 e. The van der Waals surface area contributed by atoms with Gasteiger partial charge in [0, 0.05) is 12.5 Å². The van der Waals surface area contributed by atoms with Crippen LogP contribution in [-0.4, -0.2) is 61.6 Å². The lowest BCUT2D eigenvalue weighted by atomic mass is 9.86. The third-order valence-corrected chi connectivity index (χ3v) is 5.87. The van der Waals surface area contributed by atoms with Crippen molar-refractivity contribution in [2.24, 2.45) is 0 Å². The first kappa shape index (κ1) is 21.6. The molecule has 0 aliphatic carbocycles. The van der Waals surface area contributed by atoms with E-state index in [9.17, 15) is 20.4 Å². The topological polar surface area (TPSA) is 129 Å². The highest BCUT2D eigenvalue weighted by Crippen LogP contribution is 2.37. The molecule has 8 nitrogen and oxygen atoms in total. The first-order valence-electron chi connectivity index (χ1n) is 10.1. The molecule has 0 saturated carbocycles. The van der Waals surface area contributed by atoms with Gasteiger partial charge >= 0.3 is 0 Å². The van der Waals surface area contributed by atoms with Gasteiger partial charge in [0.2, 0.25) is 11.8 Å². The molecule has 1 fully saturated rings. The summed E-state index contributed by atoms with van der Waals surface area (Å²) in [6, 6.07) is 11.5. The molecule has 0 radical (unpaired) electrons. The maximum Gasteiger partial charge on any atom is 0.247 e. The highest BCUT2D eigenvalue weighted by Gasteiger charge is 2.44. The Balaban J connectivity index is 1.70. The smallest absolute Gasteiger partial charge is 0.247 e. The Bertz CT molecular complexity index is 1080. The van der Waals surface area contributed by atoms with Crippen LogP contribution in [0, 0.1) is 20.8 Å². The van der Waals surface area contributed by atoms with Crippen LogP contribution >= 0.6 is 0 Å². The zero-order valence-electron chi connectivity index (χ0n) is 17.6. The summed E-state index contributed by atoms with van der Waals surface area (Å²) < 4.78 is 11.3. The molecule has 5 atom stereocenters. The highest BCUT2D eigenvalue weighted by molar-refractivity contribution is 5.73. The number of aliphatic hydroxyl groups excluding tert-OH is 4. The fourth-order valence-corrected chi connectivity index (χ4v) is 4.11. The molecule has 4 N–H and O–H groups in total. The van der Waals surface area contributed by atoms with Gasteiger partial charge in [-0.1, -0.05) is 30.3 Å². The average Bonchev–Trinajstić information content (AvgIpc) is 3.19. The van der Waals surface area contributed by atoms with Crippen molar-refractivity contribution in [3.05, 3.63) is 59.0 Å². The second-order valence-corrected chi connectivity index (χ2v) is 7.93. The number of aliphatic hydroxyl groups is 4. The molecule has 8 heteroatoms. The molecule has 1 aliphatic rings. The maximum atomic E-state index is 10.5. The van der Waals surface area contributed by atoms with Crippen LogP contribution in [-0.2, 0) is 4.74 Å². The minimum absolute atomic E-state index is 0.462. The summed E-state index contributed by atoms with van der Waals surface area (Å²) in [7, 11) is 0. The molecule has 1 aliphatic heterocycles. The van der Waals surface area contributed by atoms with Crippen molar-refractivity contribution in [3.8, 4) is 22.6 Å². The van der Waals surface area contributed by atoms with Gasteiger partial charge < -0.3 is 29.6 Å². The summed E-state index contributed by atoms with van der Waals surface area (Å²) in [4.78, 5) is 0. The third kappa shape index (κ3) is 3.88. The molecule has 1 aromatic heterocycles. The second-order valence-electron chi connectivity index (χ2n) is 7.93. The number of ether oxygens (including phenoxy) is 1. The number of aromatic nitrogens is 2. The molecule has 4 rings (SSSR count). The van der Waals surface area contributed by atoms with E-state index in [-0.39, 0.29) is 0 Å². The zero-order chi connectivity index (χ0) is 22.3. The first-order valence-corrected chi connectivity index (χ1v) is 10.1. The van der Waals surface area contributed by atoms with Gasteiger partial charge in [0.15, 0.2) is 0 Å². The van der Waals surface area contributed by atoms with Crippen LogP contribution in [0.4, 0.5) is 0 Å². The van der Waals surface area contributed by atoms with Crippen LogP contribution in [0.25, 0.3) is 22.6 Å². The lowest BCUT2D eigenvalue weighted by molar-refractivity contribution is -0.231. The predicted octanol–water partition coefficient (Wildman–Crippen LogP) is 1.84. The summed E-state index contributed by atoms with van der Waals surface area (Å²) in [6.45, 7) is 5.16. The Morgan fingerprint density at radius 2 is 1.68 bits per heavy atom. The summed E-state index contributed by atoms with van der Waals surface area (Å²) >= 11 is 0. The fraction of sp³-hybridized carbons (Fsp3) is 0.391. The molecule has 0 unspecified atom stereocenters. The van der Waals surface area contributed by atoms with Gasteiger partial charge in [0.1, 0.15) is 30.5 Å². The molecule has 2 aromatic carbocycles. The van der Waals surface area contributed by atoms with E-state index in [0.29, 0.717) is 17.3 Å². The molecule has 31 heavy (non-hydrogen) atoms. The van der Waals surface area contributed by atoms with Gasteiger partial charge in [0.25, 0.3) is 0 Å². The number of aryl methyl sites for hydroxylation is 2. The van der Waals surface area contributed by atoms with Crippen molar-refractivity contribution in [3.63, 3.8) is 0 Å². The molecule has 0 amide bonds. The number of nitrogens with zero attached hydrogens (tertiary/aromatic N) is 2. The van der Waals surface area contributed by atoms with E-state index >= 15 is 0 Å². The molecular weight excluding hydrogens is 400 g/mol. The van der Waals surface area contributed by atoms with E-state index < -0.39 is 37.1 Å². The van der Waals surface area contributed by atoms with Gasteiger partial charge in [-0.2, -0.15) is 0 Å². The minimum atomic E-state index is -1.42. The average molecular weight is 426 g/mol. The fourth-order valence-electron chi connectivity index (χ4n) is 4.11. The van der Waals surface area contributed by atoms with Crippen molar-refractivity contribution in [1.29, 1.82) is 0 Å². The van der Waals surface area contributed by atoms with Gasteiger partial charge in [-0.3, -0.25) is 0 Å². The summed E-state index contributed by atoms with van der Waals surface area (Å²) in [6.07, 6.45) is -5.96. The predicted molar refractivity (Wildman–Crippen MR) is 112 cm³/mol. The molecular formula is C23H26N2O6. The van der Waals surface area contributed by atoms with E-state index in [1.807, 2.05) is 50.2 Å². The first-order chi connectivity index (χ1) is 14.8. The van der Waals surface area contributed by atoms with E-state index in [2.05, 4.69) is 10.2 Å². The summed E-state index contributed by atoms with van der Waals surface area (Å²) in [5.74, 6) is 0.967. The molecule has 3 aromatic rings. The molecule has 2 heterocycles. The van der Waals surface area contributed by atoms with Crippen LogP contribution in [0.1, 0.15) is 28.7 Å². The van der Waals surface area contributed by atoms with Crippen LogP contribution in [0.5, 0.6) is 0 Å². The quantitative estimate of drug-likeness (QED) is 0.497. The van der Waals surface area contributed by atoms with E-state index in [1.54, 1.807) is 6.92 Å². The number of rotatable bonds is 4. The third-order valence-electron chi connectivity index (χ3n) is 5.87. The number of benzene rings is 2. The molecule has 1 saturated heterocycles. The SMILES string of the molecule is Cc1nnc(-c2ccc(-c3cccc([C@H]4O[C@H](CO)[C@@H](O)[C@H](O)[C@@H]4O)c3C)cc2C)o1. The van der Waals surface area contributed by atoms with Crippen LogP contribution in [0.2, 0.25) is 0 Å². The monoisotopic (exact) mass is 426 g/mol. The lowest BCUT2D eigenvalue weighted by Gasteiger charge is -2.40. The molecule has 0 spiro atoms. The van der Waals surface area contributed by atoms with Crippen molar-refractivity contribution in [2.45, 2.75) is 51.3 Å². The second kappa shape index (κ2) is 8.49. The normalized spacial score (nSPS) is 26.2. The van der Waals surface area contributed by atoms with Crippen LogP contribution in [0.15, 0.2) is 40.8 Å². The Morgan fingerprint density at radius 3 is 2.32 bits per heavy atom. The lowest BCUT2D eigenvalue weighted by Crippen LogP contribution is -2.55. The van der Waals surface area contributed by atoms with Crippen molar-refractivity contribution >= 4 is 0 Å². The Hall–Kier alpha value is -2.62. The maximum absolute atomic E-state index is 10.5. The molecule has 0 bridgehead atoms. The van der Waals surface area contributed by atoms with E-state index in [1.165, 1.54) is 0 Å². The number of hydrogen-bond acceptors (Lipinski definition) is 8. The summed E-state index contributed by atoms with van der Waals surface area (Å²) in [5.41, 5.74) is 5.27. The number of hydrogen-bond donors (Lipinski definition) is 4. The zero-order valence-corrected chi connectivity index (χ0v) is 17.6. The standard InChI is InChI=1S/C23H26N2O6/c1-11-9-14(7-8-15(11)23-25-24-13(3)30-23)16-5-4-6-17(12(16)2)22-21(29)20(28)19(27)18(10-26)31-22/h4-9,18-22,26-29H,10H2,1-3H3/t18-,19-,20+,21+,22-/m1/s1. The van der Waals surface area contributed by atoms with Crippen LogP contribution < -0.4 is 0 Å². The Labute approximate surface area is 179 Å². The van der Waals surface area contributed by atoms with Crippen LogP contribution in [0.3, 0.4) is 0 Å². The van der Waals surface area contributed by atoms with Gasteiger partial charge in [0.05, 0.1) is 6.61 Å². The van der Waals surface area contributed by atoms with Gasteiger partial charge in [-0.15, -0.1) is 10.2 Å². The Morgan fingerprint density at radius 1 is 0.903 bits per heavy atom. The van der Waals surface area contributed by atoms with Crippen molar-refractivity contribution in [2.75, 3.05) is 6.61 Å². The van der Waals surface area contributed by atoms with Crippen molar-refractivity contribution < 1.29 is 29.6 Å². The highest BCUT2D eigenvalue weighted by atomic mass is 16.5. The van der Waals surface area contributed by atoms with Gasteiger partial charge in [-0.05, 0) is 47.7 Å². The van der Waals surface area contributed by atoms with Crippen molar-refractivity contribution in [1.82, 2.24) is 10.2 Å². The van der Waals surface area contributed by atoms with E-state index in [0.717, 1.165) is 27.8 Å². The van der Waals surface area contributed by atoms with E-state index in [4.69, 9.17) is 9.15 Å². The summed E-state index contributed by atoms with van der Waals surface area (Å²) in [5, 5.41) is 48.2.